The molecule has 0 aliphatic carbocycles. The molecule has 1 aromatic rings. The molecule has 1 heterocycles. The molecule has 0 unspecified atom stereocenters. The predicted molar refractivity (Wildman–Crippen MR) is 57.8 cm³/mol. The Labute approximate surface area is 89.7 Å². The smallest absolute Gasteiger partial charge is 0.253 e. The number of benzene rings is 1. The van der Waals surface area contributed by atoms with Crippen LogP contribution in [0.5, 0.6) is 0 Å². The van der Waals surface area contributed by atoms with Gasteiger partial charge in [-0.15, -0.1) is 0 Å². The number of amides is 1. The van der Waals surface area contributed by atoms with E-state index >= 15 is 0 Å². The first-order valence-corrected chi connectivity index (χ1v) is 5.30. The second-order valence-electron chi connectivity index (χ2n) is 3.62. The van der Waals surface area contributed by atoms with Gasteiger partial charge in [-0.05, 0) is 18.6 Å². The normalized spacial score (nSPS) is 17.2. The zero-order chi connectivity index (χ0) is 10.5. The molecule has 1 saturated heterocycles. The summed E-state index contributed by atoms with van der Waals surface area (Å²) >= 11 is 0. The summed E-state index contributed by atoms with van der Waals surface area (Å²) in [4.78, 5) is 13.9. The van der Waals surface area contributed by atoms with Crippen LogP contribution in [0, 0.1) is 0 Å². The van der Waals surface area contributed by atoms with Crippen LogP contribution < -0.4 is 0 Å². The van der Waals surface area contributed by atoms with Gasteiger partial charge in [-0.3, -0.25) is 4.79 Å². The highest BCUT2D eigenvalue weighted by molar-refractivity contribution is 5.94. The quantitative estimate of drug-likeness (QED) is 0.696. The molecule has 1 aliphatic heterocycles. The Kier molecular flexibility index (Phi) is 3.35. The molecule has 0 saturated carbocycles. The number of hydrogen-bond acceptors (Lipinski definition) is 2. The monoisotopic (exact) mass is 205 g/mol. The van der Waals surface area contributed by atoms with Gasteiger partial charge >= 0.3 is 0 Å². The number of hydrogen-bond donors (Lipinski definition) is 0. The van der Waals surface area contributed by atoms with Gasteiger partial charge in [0.1, 0.15) is 0 Å². The van der Waals surface area contributed by atoms with E-state index < -0.39 is 0 Å². The molecular weight excluding hydrogens is 190 g/mol. The molecule has 80 valence electrons. The number of nitrogens with zero attached hydrogens (tertiary/aromatic N) is 1. The second kappa shape index (κ2) is 4.94. The predicted octanol–water partition coefficient (Wildman–Crippen LogP) is 1.55. The first kappa shape index (κ1) is 10.2. The van der Waals surface area contributed by atoms with Gasteiger partial charge in [-0.25, -0.2) is 0 Å². The Morgan fingerprint density at radius 3 is 2.73 bits per heavy atom. The minimum Gasteiger partial charge on any atom is -0.380 e. The fourth-order valence-corrected chi connectivity index (χ4v) is 1.71. The van der Waals surface area contributed by atoms with Crippen LogP contribution in [-0.2, 0) is 4.74 Å². The van der Waals surface area contributed by atoms with Crippen molar-refractivity contribution in [3.8, 4) is 0 Å². The van der Waals surface area contributed by atoms with Crippen molar-refractivity contribution in [2.45, 2.75) is 6.42 Å². The zero-order valence-electron chi connectivity index (χ0n) is 8.69. The zero-order valence-corrected chi connectivity index (χ0v) is 8.69. The van der Waals surface area contributed by atoms with Crippen molar-refractivity contribution in [3.05, 3.63) is 35.9 Å². The Bertz CT molecular complexity index is 316. The summed E-state index contributed by atoms with van der Waals surface area (Å²) in [7, 11) is 0. The van der Waals surface area contributed by atoms with E-state index in [2.05, 4.69) is 0 Å². The van der Waals surface area contributed by atoms with Crippen LogP contribution in [-0.4, -0.2) is 37.1 Å². The molecule has 1 aromatic carbocycles. The SMILES string of the molecule is O=C(c1ccccc1)N1CCCOCC1. The van der Waals surface area contributed by atoms with Gasteiger partial charge < -0.3 is 9.64 Å². The molecule has 1 aliphatic rings. The first-order chi connectivity index (χ1) is 7.38. The van der Waals surface area contributed by atoms with Gasteiger partial charge in [0.05, 0.1) is 6.61 Å². The summed E-state index contributed by atoms with van der Waals surface area (Å²) in [5.74, 6) is 0.112. The van der Waals surface area contributed by atoms with Crippen molar-refractivity contribution in [2.24, 2.45) is 0 Å². The Morgan fingerprint density at radius 2 is 1.93 bits per heavy atom. The van der Waals surface area contributed by atoms with Gasteiger partial charge in [0.2, 0.25) is 0 Å². The average Bonchev–Trinajstić information content (AvgIpc) is 2.58. The Balaban J connectivity index is 2.06. The molecule has 0 aromatic heterocycles. The molecule has 0 radical (unpaired) electrons. The van der Waals surface area contributed by atoms with Gasteiger partial charge in [0.15, 0.2) is 0 Å². The third-order valence-electron chi connectivity index (χ3n) is 2.53. The lowest BCUT2D eigenvalue weighted by atomic mass is 10.2. The maximum atomic E-state index is 12.0. The Hall–Kier alpha value is -1.35. The summed E-state index contributed by atoms with van der Waals surface area (Å²) in [6.45, 7) is 2.92. The molecule has 1 fully saturated rings. The van der Waals surface area contributed by atoms with Crippen LogP contribution in [0.3, 0.4) is 0 Å². The molecule has 0 atom stereocenters. The van der Waals surface area contributed by atoms with Gasteiger partial charge in [0.25, 0.3) is 5.91 Å². The third kappa shape index (κ3) is 2.57. The average molecular weight is 205 g/mol. The van der Waals surface area contributed by atoms with E-state index in [0.29, 0.717) is 13.2 Å². The lowest BCUT2D eigenvalue weighted by Gasteiger charge is -2.19. The van der Waals surface area contributed by atoms with Crippen molar-refractivity contribution >= 4 is 5.91 Å². The molecule has 2 rings (SSSR count). The number of rotatable bonds is 1. The van der Waals surface area contributed by atoms with E-state index in [4.69, 9.17) is 4.74 Å². The molecule has 15 heavy (non-hydrogen) atoms. The van der Waals surface area contributed by atoms with Crippen molar-refractivity contribution in [1.29, 1.82) is 0 Å². The lowest BCUT2D eigenvalue weighted by Crippen LogP contribution is -2.33. The van der Waals surface area contributed by atoms with E-state index in [1.807, 2.05) is 35.2 Å². The number of carbonyl (C=O) groups is 1. The maximum Gasteiger partial charge on any atom is 0.253 e. The summed E-state index contributed by atoms with van der Waals surface area (Å²) in [6, 6.07) is 9.41. The topological polar surface area (TPSA) is 29.5 Å². The molecule has 0 bridgehead atoms. The van der Waals surface area contributed by atoms with Gasteiger partial charge in [-0.1, -0.05) is 18.2 Å². The minimum atomic E-state index is 0.112. The van der Waals surface area contributed by atoms with Gasteiger partial charge in [-0.2, -0.15) is 0 Å². The van der Waals surface area contributed by atoms with Crippen LogP contribution in [0.15, 0.2) is 30.3 Å². The fraction of sp³-hybridized carbons (Fsp3) is 0.417. The molecule has 3 nitrogen and oxygen atoms in total. The van der Waals surface area contributed by atoms with Crippen molar-refractivity contribution < 1.29 is 9.53 Å². The highest BCUT2D eigenvalue weighted by Crippen LogP contribution is 2.07. The van der Waals surface area contributed by atoms with Crippen molar-refractivity contribution in [3.63, 3.8) is 0 Å². The van der Waals surface area contributed by atoms with Crippen molar-refractivity contribution in [1.82, 2.24) is 4.90 Å². The molecule has 0 spiro atoms. The second-order valence-corrected chi connectivity index (χ2v) is 3.62. The van der Waals surface area contributed by atoms with Crippen molar-refractivity contribution in [2.75, 3.05) is 26.3 Å². The van der Waals surface area contributed by atoms with E-state index in [9.17, 15) is 4.79 Å². The molecule has 3 heteroatoms. The molecule has 1 amide bonds. The largest absolute Gasteiger partial charge is 0.380 e. The molecule has 0 N–H and O–H groups in total. The fourth-order valence-electron chi connectivity index (χ4n) is 1.71. The first-order valence-electron chi connectivity index (χ1n) is 5.30. The minimum absolute atomic E-state index is 0.112. The molecular formula is C12H15NO2. The maximum absolute atomic E-state index is 12.0. The van der Waals surface area contributed by atoms with E-state index in [1.165, 1.54) is 0 Å². The third-order valence-corrected chi connectivity index (χ3v) is 2.53. The summed E-state index contributed by atoms with van der Waals surface area (Å²) in [5, 5.41) is 0. The summed E-state index contributed by atoms with van der Waals surface area (Å²) in [6.07, 6.45) is 0.929. The van der Waals surface area contributed by atoms with Crippen LogP contribution >= 0.6 is 0 Å². The van der Waals surface area contributed by atoms with Crippen LogP contribution in [0.4, 0.5) is 0 Å². The lowest BCUT2D eigenvalue weighted by molar-refractivity contribution is 0.0741. The van der Waals surface area contributed by atoms with E-state index in [0.717, 1.165) is 25.1 Å². The Morgan fingerprint density at radius 1 is 1.13 bits per heavy atom. The summed E-state index contributed by atoms with van der Waals surface area (Å²) < 4.78 is 5.32. The van der Waals surface area contributed by atoms with E-state index in [-0.39, 0.29) is 5.91 Å². The van der Waals surface area contributed by atoms with Crippen LogP contribution in [0.2, 0.25) is 0 Å². The van der Waals surface area contributed by atoms with Crippen LogP contribution in [0.25, 0.3) is 0 Å². The van der Waals surface area contributed by atoms with Crippen LogP contribution in [0.1, 0.15) is 16.8 Å². The van der Waals surface area contributed by atoms with Gasteiger partial charge in [0, 0.05) is 25.3 Å². The standard InChI is InChI=1S/C12H15NO2/c14-12(11-5-2-1-3-6-11)13-7-4-9-15-10-8-13/h1-3,5-6H,4,7-10H2. The highest BCUT2D eigenvalue weighted by atomic mass is 16.5. The number of carbonyl (C=O) groups excluding carboxylic acids is 1. The summed E-state index contributed by atoms with van der Waals surface area (Å²) in [5.41, 5.74) is 0.763. The highest BCUT2D eigenvalue weighted by Gasteiger charge is 2.16. The van der Waals surface area contributed by atoms with E-state index in [1.54, 1.807) is 0 Å². The number of ether oxygens (including phenoxy) is 1.